The first kappa shape index (κ1) is 10.6. The molecule has 5 nitrogen and oxygen atoms in total. The number of aromatic nitrogens is 2. The lowest BCUT2D eigenvalue weighted by Crippen LogP contribution is -2.10. The van der Waals surface area contributed by atoms with Crippen molar-refractivity contribution >= 4 is 11.5 Å². The van der Waals surface area contributed by atoms with E-state index in [1.807, 2.05) is 0 Å². The zero-order valence-corrected chi connectivity index (χ0v) is 7.92. The van der Waals surface area contributed by atoms with Gasteiger partial charge in [-0.05, 0) is 13.3 Å². The summed E-state index contributed by atoms with van der Waals surface area (Å²) in [6, 6.07) is 0. The number of aliphatic hydroxyl groups excluding tert-OH is 1. The van der Waals surface area contributed by atoms with Crippen LogP contribution in [0.5, 0.6) is 0 Å². The number of nitrogen functional groups attached to an aromatic ring is 1. The molecule has 0 aliphatic rings. The van der Waals surface area contributed by atoms with Gasteiger partial charge in [0.1, 0.15) is 11.5 Å². The van der Waals surface area contributed by atoms with E-state index in [0.29, 0.717) is 18.8 Å². The molecule has 14 heavy (non-hydrogen) atoms. The van der Waals surface area contributed by atoms with Crippen molar-refractivity contribution in [1.82, 2.24) is 9.97 Å². The third-order valence-corrected chi connectivity index (χ3v) is 1.64. The molecule has 0 bridgehead atoms. The lowest BCUT2D eigenvalue weighted by atomic mass is 10.4. The molecule has 0 unspecified atom stereocenters. The van der Waals surface area contributed by atoms with E-state index in [4.69, 9.17) is 10.8 Å². The van der Waals surface area contributed by atoms with Crippen LogP contribution in [0.3, 0.4) is 0 Å². The number of rotatable bonds is 4. The SMILES string of the molecule is Cc1nc(F)c(N)c(NCCCO)n1. The highest BCUT2D eigenvalue weighted by molar-refractivity contribution is 5.60. The van der Waals surface area contributed by atoms with E-state index < -0.39 is 5.95 Å². The Morgan fingerprint density at radius 2 is 2.21 bits per heavy atom. The van der Waals surface area contributed by atoms with E-state index in [-0.39, 0.29) is 18.1 Å². The Morgan fingerprint density at radius 1 is 1.50 bits per heavy atom. The van der Waals surface area contributed by atoms with Gasteiger partial charge in [0.05, 0.1) is 0 Å². The molecule has 0 saturated carbocycles. The summed E-state index contributed by atoms with van der Waals surface area (Å²) in [5.74, 6) is -0.115. The molecule has 78 valence electrons. The second-order valence-corrected chi connectivity index (χ2v) is 2.83. The maximum Gasteiger partial charge on any atom is 0.241 e. The smallest absolute Gasteiger partial charge is 0.241 e. The third-order valence-electron chi connectivity index (χ3n) is 1.64. The normalized spacial score (nSPS) is 10.2. The minimum Gasteiger partial charge on any atom is -0.396 e. The van der Waals surface area contributed by atoms with Crippen LogP contribution in [-0.4, -0.2) is 28.2 Å². The molecule has 0 fully saturated rings. The number of anilines is 2. The van der Waals surface area contributed by atoms with Crippen molar-refractivity contribution in [3.63, 3.8) is 0 Å². The molecule has 1 aromatic heterocycles. The van der Waals surface area contributed by atoms with Gasteiger partial charge in [0.2, 0.25) is 5.95 Å². The van der Waals surface area contributed by atoms with Crippen LogP contribution in [-0.2, 0) is 0 Å². The Morgan fingerprint density at radius 3 is 2.86 bits per heavy atom. The number of nitrogens with two attached hydrogens (primary N) is 1. The van der Waals surface area contributed by atoms with Crippen LogP contribution in [0.15, 0.2) is 0 Å². The van der Waals surface area contributed by atoms with E-state index in [0.717, 1.165) is 0 Å². The Balaban J connectivity index is 2.75. The van der Waals surface area contributed by atoms with Crippen molar-refractivity contribution in [3.8, 4) is 0 Å². The zero-order chi connectivity index (χ0) is 10.6. The van der Waals surface area contributed by atoms with Crippen LogP contribution in [0.4, 0.5) is 15.9 Å². The molecular weight excluding hydrogens is 187 g/mol. The molecule has 0 saturated heterocycles. The summed E-state index contributed by atoms with van der Waals surface area (Å²) in [7, 11) is 0. The number of halogens is 1. The van der Waals surface area contributed by atoms with Crippen molar-refractivity contribution in [1.29, 1.82) is 0 Å². The van der Waals surface area contributed by atoms with Crippen molar-refractivity contribution in [2.75, 3.05) is 24.2 Å². The van der Waals surface area contributed by atoms with Crippen LogP contribution in [0, 0.1) is 12.9 Å². The van der Waals surface area contributed by atoms with Crippen LogP contribution < -0.4 is 11.1 Å². The monoisotopic (exact) mass is 200 g/mol. The summed E-state index contributed by atoms with van der Waals surface area (Å²) in [5.41, 5.74) is 5.32. The summed E-state index contributed by atoms with van der Waals surface area (Å²) in [6.07, 6.45) is 0.560. The first-order chi connectivity index (χ1) is 6.65. The van der Waals surface area contributed by atoms with E-state index in [1.54, 1.807) is 6.92 Å². The minimum absolute atomic E-state index is 0.0689. The highest BCUT2D eigenvalue weighted by Gasteiger charge is 2.08. The lowest BCUT2D eigenvalue weighted by Gasteiger charge is -2.08. The standard InChI is InChI=1S/C8H13FN4O/c1-5-12-7(9)6(10)8(13-5)11-3-2-4-14/h14H,2-4,10H2,1H3,(H,11,12,13). The molecular formula is C8H13FN4O. The van der Waals surface area contributed by atoms with Crippen molar-refractivity contribution in [2.45, 2.75) is 13.3 Å². The van der Waals surface area contributed by atoms with Crippen molar-refractivity contribution in [3.05, 3.63) is 11.8 Å². The lowest BCUT2D eigenvalue weighted by molar-refractivity contribution is 0.292. The number of nitrogens with one attached hydrogen (secondary N) is 1. The van der Waals surface area contributed by atoms with Crippen LogP contribution >= 0.6 is 0 Å². The number of hydrogen-bond acceptors (Lipinski definition) is 5. The van der Waals surface area contributed by atoms with Gasteiger partial charge in [-0.1, -0.05) is 0 Å². The molecule has 6 heteroatoms. The molecule has 0 aliphatic heterocycles. The predicted octanol–water partition coefficient (Wildman–Crippen LogP) is 0.301. The number of aryl methyl sites for hydroxylation is 1. The van der Waals surface area contributed by atoms with E-state index in [2.05, 4.69) is 15.3 Å². The summed E-state index contributed by atoms with van der Waals surface area (Å²) >= 11 is 0. The molecule has 0 spiro atoms. The molecule has 0 radical (unpaired) electrons. The summed E-state index contributed by atoms with van der Waals surface area (Å²) in [5, 5.41) is 11.4. The van der Waals surface area contributed by atoms with Gasteiger partial charge in [-0.25, -0.2) is 9.97 Å². The van der Waals surface area contributed by atoms with Crippen LogP contribution in [0.2, 0.25) is 0 Å². The van der Waals surface area contributed by atoms with Gasteiger partial charge in [0, 0.05) is 13.2 Å². The molecule has 1 rings (SSSR count). The first-order valence-electron chi connectivity index (χ1n) is 4.29. The fraction of sp³-hybridized carbons (Fsp3) is 0.500. The second-order valence-electron chi connectivity index (χ2n) is 2.83. The highest BCUT2D eigenvalue weighted by Crippen LogP contribution is 2.17. The highest BCUT2D eigenvalue weighted by atomic mass is 19.1. The molecule has 1 aromatic rings. The average Bonchev–Trinajstić information content (AvgIpc) is 2.13. The fourth-order valence-electron chi connectivity index (χ4n) is 0.968. The Labute approximate surface area is 81.2 Å². The summed E-state index contributed by atoms with van der Waals surface area (Å²) in [4.78, 5) is 7.41. The molecule has 0 aromatic carbocycles. The van der Waals surface area contributed by atoms with Crippen LogP contribution in [0.25, 0.3) is 0 Å². The van der Waals surface area contributed by atoms with Gasteiger partial charge in [-0.15, -0.1) is 0 Å². The second kappa shape index (κ2) is 4.71. The van der Waals surface area contributed by atoms with Crippen molar-refractivity contribution < 1.29 is 9.50 Å². The first-order valence-corrected chi connectivity index (χ1v) is 4.29. The molecule has 0 atom stereocenters. The Hall–Kier alpha value is -1.43. The van der Waals surface area contributed by atoms with Gasteiger partial charge < -0.3 is 16.2 Å². The van der Waals surface area contributed by atoms with Gasteiger partial charge >= 0.3 is 0 Å². The molecule has 4 N–H and O–H groups in total. The van der Waals surface area contributed by atoms with E-state index in [9.17, 15) is 4.39 Å². The van der Waals surface area contributed by atoms with E-state index >= 15 is 0 Å². The summed E-state index contributed by atoms with van der Waals surface area (Å²) < 4.78 is 13.0. The Bertz CT molecular complexity index is 318. The molecule has 1 heterocycles. The van der Waals surface area contributed by atoms with Gasteiger partial charge in [-0.3, -0.25) is 0 Å². The van der Waals surface area contributed by atoms with Gasteiger partial charge in [0.25, 0.3) is 0 Å². The van der Waals surface area contributed by atoms with E-state index in [1.165, 1.54) is 0 Å². The van der Waals surface area contributed by atoms with Crippen LogP contribution in [0.1, 0.15) is 12.2 Å². The summed E-state index contributed by atoms with van der Waals surface area (Å²) in [6.45, 7) is 2.15. The maximum absolute atomic E-state index is 13.0. The average molecular weight is 200 g/mol. The third kappa shape index (κ3) is 2.53. The Kier molecular flexibility index (Phi) is 3.58. The largest absolute Gasteiger partial charge is 0.396 e. The number of aliphatic hydroxyl groups is 1. The predicted molar refractivity (Wildman–Crippen MR) is 51.3 cm³/mol. The molecule has 0 aliphatic carbocycles. The fourth-order valence-corrected chi connectivity index (χ4v) is 0.968. The minimum atomic E-state index is -0.719. The van der Waals surface area contributed by atoms with Gasteiger partial charge in [-0.2, -0.15) is 4.39 Å². The van der Waals surface area contributed by atoms with Gasteiger partial charge in [0.15, 0.2) is 5.82 Å². The zero-order valence-electron chi connectivity index (χ0n) is 7.92. The quantitative estimate of drug-likeness (QED) is 0.481. The number of nitrogens with zero attached hydrogens (tertiary/aromatic N) is 2. The topological polar surface area (TPSA) is 84.1 Å². The van der Waals surface area contributed by atoms with Crippen molar-refractivity contribution in [2.24, 2.45) is 0 Å². The number of hydrogen-bond donors (Lipinski definition) is 3. The molecule has 0 amide bonds. The maximum atomic E-state index is 13.0.